The smallest absolute Gasteiger partial charge is 0.00500 e. The summed E-state index contributed by atoms with van der Waals surface area (Å²) in [4.78, 5) is 2.65. The van der Waals surface area contributed by atoms with Crippen LogP contribution < -0.4 is 5.32 Å². The van der Waals surface area contributed by atoms with Crippen molar-refractivity contribution in [2.45, 2.75) is 65.8 Å². The average Bonchev–Trinajstić information content (AvgIpc) is 2.75. The van der Waals surface area contributed by atoms with Crippen molar-refractivity contribution in [3.63, 3.8) is 0 Å². The molecule has 1 aliphatic carbocycles. The van der Waals surface area contributed by atoms with Gasteiger partial charge in [0.15, 0.2) is 0 Å². The minimum absolute atomic E-state index is 0.565. The van der Waals surface area contributed by atoms with Gasteiger partial charge in [0.25, 0.3) is 0 Å². The topological polar surface area (TPSA) is 15.3 Å². The molecule has 1 saturated carbocycles. The largest absolute Gasteiger partial charge is 0.314 e. The maximum atomic E-state index is 3.67. The average molecular weight is 240 g/mol. The van der Waals surface area contributed by atoms with Gasteiger partial charge >= 0.3 is 0 Å². The van der Waals surface area contributed by atoms with Gasteiger partial charge in [-0.2, -0.15) is 0 Å². The van der Waals surface area contributed by atoms with Crippen molar-refractivity contribution in [2.75, 3.05) is 26.2 Å². The molecule has 0 spiro atoms. The van der Waals surface area contributed by atoms with Gasteiger partial charge in [0.1, 0.15) is 0 Å². The standard InChI is InChI=1S/C15H32N2/c1-5-11-17(6-2)13-15(9-7-8-10-15)12-16-14(3)4/h14,16H,5-13H2,1-4H3. The molecule has 0 aromatic rings. The minimum atomic E-state index is 0.565. The first-order chi connectivity index (χ1) is 8.12. The number of hydrogen-bond acceptors (Lipinski definition) is 2. The molecule has 0 unspecified atom stereocenters. The van der Waals surface area contributed by atoms with Crippen molar-refractivity contribution in [2.24, 2.45) is 5.41 Å². The van der Waals surface area contributed by atoms with E-state index in [-0.39, 0.29) is 0 Å². The molecule has 1 fully saturated rings. The monoisotopic (exact) mass is 240 g/mol. The molecular formula is C15H32N2. The zero-order valence-corrected chi connectivity index (χ0v) is 12.4. The Labute approximate surface area is 108 Å². The molecule has 0 heterocycles. The minimum Gasteiger partial charge on any atom is -0.314 e. The predicted molar refractivity (Wildman–Crippen MR) is 76.4 cm³/mol. The second-order valence-electron chi connectivity index (χ2n) is 6.11. The van der Waals surface area contributed by atoms with Crippen molar-refractivity contribution >= 4 is 0 Å². The summed E-state index contributed by atoms with van der Waals surface area (Å²) in [6.45, 7) is 14.1. The molecule has 1 N–H and O–H groups in total. The fourth-order valence-electron chi connectivity index (χ4n) is 3.08. The molecule has 0 amide bonds. The molecule has 0 aliphatic heterocycles. The van der Waals surface area contributed by atoms with Gasteiger partial charge in [-0.15, -0.1) is 0 Å². The van der Waals surface area contributed by atoms with Crippen LogP contribution in [0, 0.1) is 5.41 Å². The summed E-state index contributed by atoms with van der Waals surface area (Å²) >= 11 is 0. The summed E-state index contributed by atoms with van der Waals surface area (Å²) in [5.41, 5.74) is 0.565. The van der Waals surface area contributed by atoms with Gasteiger partial charge in [0, 0.05) is 19.1 Å². The molecule has 0 aromatic heterocycles. The van der Waals surface area contributed by atoms with Crippen LogP contribution in [0.5, 0.6) is 0 Å². The summed E-state index contributed by atoms with van der Waals surface area (Å²) in [5.74, 6) is 0. The third-order valence-electron chi connectivity index (χ3n) is 4.10. The second kappa shape index (κ2) is 7.38. The maximum Gasteiger partial charge on any atom is 0.00500 e. The van der Waals surface area contributed by atoms with Crippen molar-refractivity contribution in [3.05, 3.63) is 0 Å². The Bertz CT molecular complexity index is 195. The van der Waals surface area contributed by atoms with Crippen LogP contribution in [0.2, 0.25) is 0 Å². The van der Waals surface area contributed by atoms with Crippen LogP contribution in [0.4, 0.5) is 0 Å². The van der Waals surface area contributed by atoms with E-state index in [0.29, 0.717) is 11.5 Å². The first-order valence-corrected chi connectivity index (χ1v) is 7.57. The highest BCUT2D eigenvalue weighted by molar-refractivity contribution is 4.89. The lowest BCUT2D eigenvalue weighted by Crippen LogP contribution is -2.44. The molecule has 2 heteroatoms. The van der Waals surface area contributed by atoms with E-state index in [1.165, 1.54) is 58.3 Å². The van der Waals surface area contributed by atoms with E-state index in [4.69, 9.17) is 0 Å². The van der Waals surface area contributed by atoms with E-state index < -0.39 is 0 Å². The zero-order valence-electron chi connectivity index (χ0n) is 12.4. The third kappa shape index (κ3) is 4.97. The van der Waals surface area contributed by atoms with Crippen molar-refractivity contribution in [3.8, 4) is 0 Å². The van der Waals surface area contributed by atoms with Crippen LogP contribution in [0.3, 0.4) is 0 Å². The first-order valence-electron chi connectivity index (χ1n) is 7.57. The fraction of sp³-hybridized carbons (Fsp3) is 1.00. The predicted octanol–water partition coefficient (Wildman–Crippen LogP) is 3.28. The maximum absolute atomic E-state index is 3.67. The van der Waals surface area contributed by atoms with Crippen LogP contribution in [-0.4, -0.2) is 37.1 Å². The van der Waals surface area contributed by atoms with Gasteiger partial charge in [0.2, 0.25) is 0 Å². The Kier molecular flexibility index (Phi) is 6.50. The van der Waals surface area contributed by atoms with Crippen LogP contribution in [0.15, 0.2) is 0 Å². The summed E-state index contributed by atoms with van der Waals surface area (Å²) in [6.07, 6.45) is 6.99. The first kappa shape index (κ1) is 15.0. The lowest BCUT2D eigenvalue weighted by Gasteiger charge is -2.36. The van der Waals surface area contributed by atoms with E-state index in [1.807, 2.05) is 0 Å². The summed E-state index contributed by atoms with van der Waals surface area (Å²) in [5, 5.41) is 3.67. The van der Waals surface area contributed by atoms with E-state index in [9.17, 15) is 0 Å². The molecule has 17 heavy (non-hydrogen) atoms. The highest BCUT2D eigenvalue weighted by Gasteiger charge is 2.34. The molecule has 0 bridgehead atoms. The summed E-state index contributed by atoms with van der Waals surface area (Å²) in [6, 6.07) is 0.619. The molecule has 0 saturated heterocycles. The zero-order chi connectivity index (χ0) is 12.7. The van der Waals surface area contributed by atoms with Gasteiger partial charge in [-0.05, 0) is 37.8 Å². The number of nitrogens with zero attached hydrogens (tertiary/aromatic N) is 1. The summed E-state index contributed by atoms with van der Waals surface area (Å²) < 4.78 is 0. The van der Waals surface area contributed by atoms with Gasteiger partial charge in [0.05, 0.1) is 0 Å². The Morgan fingerprint density at radius 1 is 1.18 bits per heavy atom. The van der Waals surface area contributed by atoms with E-state index >= 15 is 0 Å². The van der Waals surface area contributed by atoms with Crippen LogP contribution in [0.1, 0.15) is 59.8 Å². The van der Waals surface area contributed by atoms with Crippen molar-refractivity contribution in [1.82, 2.24) is 10.2 Å². The van der Waals surface area contributed by atoms with Gasteiger partial charge in [-0.1, -0.05) is 40.5 Å². The number of nitrogens with one attached hydrogen (secondary N) is 1. The van der Waals surface area contributed by atoms with E-state index in [0.717, 1.165) is 0 Å². The van der Waals surface area contributed by atoms with Gasteiger partial charge in [-0.25, -0.2) is 0 Å². The summed E-state index contributed by atoms with van der Waals surface area (Å²) in [7, 11) is 0. The number of rotatable bonds is 8. The second-order valence-corrected chi connectivity index (χ2v) is 6.11. The SMILES string of the molecule is CCCN(CC)CC1(CNC(C)C)CCCC1. The fourth-order valence-corrected chi connectivity index (χ4v) is 3.08. The van der Waals surface area contributed by atoms with Crippen molar-refractivity contribution < 1.29 is 0 Å². The number of hydrogen-bond donors (Lipinski definition) is 1. The molecule has 2 nitrogen and oxygen atoms in total. The molecular weight excluding hydrogens is 208 g/mol. The Balaban J connectivity index is 2.51. The van der Waals surface area contributed by atoms with Crippen LogP contribution >= 0.6 is 0 Å². The molecule has 0 aromatic carbocycles. The molecule has 0 atom stereocenters. The molecule has 102 valence electrons. The van der Waals surface area contributed by atoms with E-state index in [2.05, 4.69) is 37.9 Å². The lowest BCUT2D eigenvalue weighted by atomic mass is 9.85. The Morgan fingerprint density at radius 3 is 2.29 bits per heavy atom. The van der Waals surface area contributed by atoms with Crippen LogP contribution in [0.25, 0.3) is 0 Å². The molecule has 1 rings (SSSR count). The van der Waals surface area contributed by atoms with Crippen molar-refractivity contribution in [1.29, 1.82) is 0 Å². The van der Waals surface area contributed by atoms with Gasteiger partial charge < -0.3 is 10.2 Å². The van der Waals surface area contributed by atoms with E-state index in [1.54, 1.807) is 0 Å². The Hall–Kier alpha value is -0.0800. The normalized spacial score (nSPS) is 19.4. The molecule has 1 aliphatic rings. The van der Waals surface area contributed by atoms with Crippen LogP contribution in [-0.2, 0) is 0 Å². The highest BCUT2D eigenvalue weighted by atomic mass is 15.1. The lowest BCUT2D eigenvalue weighted by molar-refractivity contribution is 0.151. The third-order valence-corrected chi connectivity index (χ3v) is 4.10. The van der Waals surface area contributed by atoms with Gasteiger partial charge in [-0.3, -0.25) is 0 Å². The molecule has 0 radical (unpaired) electrons. The quantitative estimate of drug-likeness (QED) is 0.700. The Morgan fingerprint density at radius 2 is 1.82 bits per heavy atom. The highest BCUT2D eigenvalue weighted by Crippen LogP contribution is 2.38.